The Morgan fingerprint density at radius 2 is 1.71 bits per heavy atom. The molecule has 0 bridgehead atoms. The summed E-state index contributed by atoms with van der Waals surface area (Å²) < 4.78 is 5.47. The van der Waals surface area contributed by atoms with E-state index in [0.29, 0.717) is 36.8 Å². The number of urea groups is 1. The zero-order valence-electron chi connectivity index (χ0n) is 18.0. The summed E-state index contributed by atoms with van der Waals surface area (Å²) in [5.74, 6) is 2.30. The van der Waals surface area contributed by atoms with Crippen molar-refractivity contribution in [1.29, 1.82) is 0 Å². The number of carbonyl (C=O) groups is 1. The van der Waals surface area contributed by atoms with Crippen LogP contribution in [0.3, 0.4) is 0 Å². The molecule has 11 nitrogen and oxygen atoms in total. The Hall–Kier alpha value is -3.21. The van der Waals surface area contributed by atoms with E-state index >= 15 is 0 Å². The van der Waals surface area contributed by atoms with Crippen molar-refractivity contribution in [3.8, 4) is 11.4 Å². The lowest BCUT2D eigenvalue weighted by Crippen LogP contribution is -2.48. The maximum absolute atomic E-state index is 11.9. The number of nitrogens with zero attached hydrogens (tertiary/aromatic N) is 7. The summed E-state index contributed by atoms with van der Waals surface area (Å²) in [7, 11) is 3.49. The van der Waals surface area contributed by atoms with Gasteiger partial charge in [0.05, 0.1) is 13.2 Å². The summed E-state index contributed by atoms with van der Waals surface area (Å²) in [6.07, 6.45) is 3.34. The summed E-state index contributed by atoms with van der Waals surface area (Å²) >= 11 is 0. The topological polar surface area (TPSA) is 126 Å². The number of ether oxygens (including phenoxy) is 1. The number of hydrogen-bond acceptors (Lipinski definition) is 9. The minimum atomic E-state index is -0.0636. The normalized spacial score (nSPS) is 17.5. The molecule has 0 spiro atoms. The first-order chi connectivity index (χ1) is 15.0. The second-order valence-corrected chi connectivity index (χ2v) is 7.94. The summed E-state index contributed by atoms with van der Waals surface area (Å²) in [5.41, 5.74) is 6.53. The molecule has 0 radical (unpaired) electrons. The Kier molecular flexibility index (Phi) is 6.31. The SMILES string of the molecule is CN(C)C(=O)NC1CCN(c2nc(-c3ccc(N)nc3)nc(N3CCOCC3)n2)CC1. The van der Waals surface area contributed by atoms with Crippen molar-refractivity contribution in [2.45, 2.75) is 18.9 Å². The van der Waals surface area contributed by atoms with Crippen LogP contribution < -0.4 is 20.9 Å². The van der Waals surface area contributed by atoms with Crippen LogP contribution in [-0.2, 0) is 4.74 Å². The molecule has 4 heterocycles. The standard InChI is InChI=1S/C20H29N9O2/c1-27(2)20(30)23-15-5-7-28(8-6-15)18-24-17(14-3-4-16(21)22-13-14)25-19(26-18)29-9-11-31-12-10-29/h3-4,13,15H,5-12H2,1-2H3,(H2,21,22)(H,23,30). The van der Waals surface area contributed by atoms with Gasteiger partial charge >= 0.3 is 6.03 Å². The van der Waals surface area contributed by atoms with Gasteiger partial charge in [-0.25, -0.2) is 9.78 Å². The van der Waals surface area contributed by atoms with E-state index < -0.39 is 0 Å². The average molecular weight is 428 g/mol. The van der Waals surface area contributed by atoms with E-state index in [0.717, 1.165) is 44.6 Å². The van der Waals surface area contributed by atoms with Crippen LogP contribution in [0, 0.1) is 0 Å². The van der Waals surface area contributed by atoms with Crippen molar-refractivity contribution in [3.05, 3.63) is 18.3 Å². The quantitative estimate of drug-likeness (QED) is 0.721. The van der Waals surface area contributed by atoms with Crippen molar-refractivity contribution >= 4 is 23.7 Å². The predicted molar refractivity (Wildman–Crippen MR) is 118 cm³/mol. The van der Waals surface area contributed by atoms with Gasteiger partial charge < -0.3 is 30.5 Å². The number of nitrogens with one attached hydrogen (secondary N) is 1. The van der Waals surface area contributed by atoms with Crippen molar-refractivity contribution in [2.24, 2.45) is 0 Å². The van der Waals surface area contributed by atoms with E-state index in [4.69, 9.17) is 25.4 Å². The lowest BCUT2D eigenvalue weighted by Gasteiger charge is -2.34. The minimum absolute atomic E-state index is 0.0636. The molecule has 2 amide bonds. The minimum Gasteiger partial charge on any atom is -0.384 e. The smallest absolute Gasteiger partial charge is 0.317 e. The summed E-state index contributed by atoms with van der Waals surface area (Å²) in [5, 5.41) is 3.06. The summed E-state index contributed by atoms with van der Waals surface area (Å²) in [6, 6.07) is 3.69. The van der Waals surface area contributed by atoms with Gasteiger partial charge in [0.25, 0.3) is 0 Å². The number of morpholine rings is 1. The first kappa shape index (κ1) is 21.0. The van der Waals surface area contributed by atoms with Crippen molar-refractivity contribution in [3.63, 3.8) is 0 Å². The number of piperidine rings is 1. The molecule has 2 aliphatic rings. The van der Waals surface area contributed by atoms with Gasteiger partial charge in [-0.05, 0) is 25.0 Å². The lowest BCUT2D eigenvalue weighted by atomic mass is 10.1. The number of rotatable bonds is 4. The molecule has 11 heteroatoms. The third-order valence-electron chi connectivity index (χ3n) is 5.46. The van der Waals surface area contributed by atoms with E-state index in [-0.39, 0.29) is 12.1 Å². The zero-order valence-corrected chi connectivity index (χ0v) is 18.0. The molecule has 0 unspecified atom stereocenters. The van der Waals surface area contributed by atoms with E-state index in [1.165, 1.54) is 0 Å². The molecule has 31 heavy (non-hydrogen) atoms. The van der Waals surface area contributed by atoms with Crippen LogP contribution in [0.1, 0.15) is 12.8 Å². The Labute approximate surface area is 181 Å². The summed E-state index contributed by atoms with van der Waals surface area (Å²) in [6.45, 7) is 4.28. The number of anilines is 3. The molecular weight excluding hydrogens is 398 g/mol. The number of nitrogen functional groups attached to an aromatic ring is 1. The monoisotopic (exact) mass is 427 g/mol. The first-order valence-corrected chi connectivity index (χ1v) is 10.5. The van der Waals surface area contributed by atoms with Crippen LogP contribution in [-0.4, -0.2) is 90.4 Å². The molecule has 0 aromatic carbocycles. The zero-order chi connectivity index (χ0) is 21.8. The number of amides is 2. The molecule has 0 atom stereocenters. The van der Waals surface area contributed by atoms with E-state index in [2.05, 4.69) is 20.1 Å². The van der Waals surface area contributed by atoms with Gasteiger partial charge in [0.2, 0.25) is 11.9 Å². The largest absolute Gasteiger partial charge is 0.384 e. The Bertz CT molecular complexity index is 892. The van der Waals surface area contributed by atoms with Gasteiger partial charge in [0.15, 0.2) is 5.82 Å². The fraction of sp³-hybridized carbons (Fsp3) is 0.550. The number of nitrogens with two attached hydrogens (primary N) is 1. The van der Waals surface area contributed by atoms with Crippen LogP contribution in [0.5, 0.6) is 0 Å². The van der Waals surface area contributed by atoms with Crippen LogP contribution >= 0.6 is 0 Å². The molecule has 2 aromatic heterocycles. The Morgan fingerprint density at radius 1 is 1.06 bits per heavy atom. The van der Waals surface area contributed by atoms with Gasteiger partial charge in [-0.3, -0.25) is 0 Å². The van der Waals surface area contributed by atoms with Crippen molar-refractivity contribution in [1.82, 2.24) is 30.2 Å². The number of hydrogen-bond donors (Lipinski definition) is 2. The van der Waals surface area contributed by atoms with Gasteiger partial charge in [0.1, 0.15) is 5.82 Å². The molecule has 0 saturated carbocycles. The van der Waals surface area contributed by atoms with E-state index in [1.807, 2.05) is 6.07 Å². The van der Waals surface area contributed by atoms with Gasteiger partial charge in [-0.1, -0.05) is 0 Å². The molecule has 166 valence electrons. The van der Waals surface area contributed by atoms with Crippen LogP contribution in [0.2, 0.25) is 0 Å². The number of carbonyl (C=O) groups excluding carboxylic acids is 1. The van der Waals surface area contributed by atoms with Crippen LogP contribution in [0.15, 0.2) is 18.3 Å². The molecule has 2 fully saturated rings. The highest BCUT2D eigenvalue weighted by molar-refractivity contribution is 5.73. The fourth-order valence-corrected chi connectivity index (χ4v) is 3.59. The van der Waals surface area contributed by atoms with Gasteiger partial charge in [0, 0.05) is 58.1 Å². The van der Waals surface area contributed by atoms with E-state index in [9.17, 15) is 4.79 Å². The molecule has 2 aromatic rings. The third kappa shape index (κ3) is 5.10. The maximum Gasteiger partial charge on any atom is 0.317 e. The second kappa shape index (κ2) is 9.29. The molecule has 4 rings (SSSR count). The van der Waals surface area contributed by atoms with Gasteiger partial charge in [-0.2, -0.15) is 15.0 Å². The Morgan fingerprint density at radius 3 is 2.29 bits per heavy atom. The van der Waals surface area contributed by atoms with E-state index in [1.54, 1.807) is 31.3 Å². The number of pyridine rings is 1. The molecule has 0 aliphatic carbocycles. The predicted octanol–water partition coefficient (Wildman–Crippen LogP) is 0.592. The van der Waals surface area contributed by atoms with Crippen LogP contribution in [0.25, 0.3) is 11.4 Å². The molecule has 2 saturated heterocycles. The molecule has 3 N–H and O–H groups in total. The number of aromatic nitrogens is 4. The third-order valence-corrected chi connectivity index (χ3v) is 5.46. The highest BCUT2D eigenvalue weighted by atomic mass is 16.5. The highest BCUT2D eigenvalue weighted by Gasteiger charge is 2.25. The van der Waals surface area contributed by atoms with Crippen LogP contribution in [0.4, 0.5) is 22.5 Å². The molecular formula is C20H29N9O2. The fourth-order valence-electron chi connectivity index (χ4n) is 3.59. The maximum atomic E-state index is 11.9. The summed E-state index contributed by atoms with van der Waals surface area (Å²) in [4.78, 5) is 36.2. The lowest BCUT2D eigenvalue weighted by molar-refractivity contribution is 0.122. The second-order valence-electron chi connectivity index (χ2n) is 7.94. The van der Waals surface area contributed by atoms with Crippen molar-refractivity contribution < 1.29 is 9.53 Å². The average Bonchev–Trinajstić information content (AvgIpc) is 2.80. The Balaban J connectivity index is 1.56. The molecule has 2 aliphatic heterocycles. The van der Waals surface area contributed by atoms with Crippen molar-refractivity contribution in [2.75, 3.05) is 69.0 Å². The van der Waals surface area contributed by atoms with Gasteiger partial charge in [-0.15, -0.1) is 0 Å². The first-order valence-electron chi connectivity index (χ1n) is 10.5. The highest BCUT2D eigenvalue weighted by Crippen LogP contribution is 2.24.